The van der Waals surface area contributed by atoms with Gasteiger partial charge >= 0.3 is 0 Å². The molecule has 17 heavy (non-hydrogen) atoms. The van der Waals surface area contributed by atoms with E-state index in [4.69, 9.17) is 0 Å². The Hall–Kier alpha value is -1.00. The molecule has 0 amide bonds. The molecule has 0 saturated carbocycles. The van der Waals surface area contributed by atoms with Crippen LogP contribution in [0.4, 0.5) is 4.39 Å². The topological polar surface area (TPSA) is 17.1 Å². The van der Waals surface area contributed by atoms with E-state index < -0.39 is 5.82 Å². The molecule has 88 valence electrons. The van der Waals surface area contributed by atoms with Crippen LogP contribution in [0.15, 0.2) is 39.5 Å². The number of carbonyl (C=O) groups is 1. The lowest BCUT2D eigenvalue weighted by Gasteiger charge is -2.03. The second-order valence-corrected chi connectivity index (χ2v) is 5.23. The zero-order chi connectivity index (χ0) is 12.3. The van der Waals surface area contributed by atoms with Crippen LogP contribution in [0.25, 0.3) is 0 Å². The van der Waals surface area contributed by atoms with Crippen LogP contribution in [0.3, 0.4) is 0 Å². The van der Waals surface area contributed by atoms with Crippen LogP contribution in [-0.4, -0.2) is 5.78 Å². The van der Waals surface area contributed by atoms with Crippen molar-refractivity contribution in [2.45, 2.75) is 12.8 Å². The maximum Gasteiger partial charge on any atom is 0.164 e. The Kier molecular flexibility index (Phi) is 4.07. The van der Waals surface area contributed by atoms with E-state index in [-0.39, 0.29) is 10.3 Å². The summed E-state index contributed by atoms with van der Waals surface area (Å²) < 4.78 is 13.5. The highest BCUT2D eigenvalue weighted by Crippen LogP contribution is 2.22. The largest absolute Gasteiger partial charge is 0.294 e. The summed E-state index contributed by atoms with van der Waals surface area (Å²) in [5.74, 6) is -0.436. The molecule has 4 heteroatoms. The van der Waals surface area contributed by atoms with Crippen LogP contribution in [0.2, 0.25) is 0 Å². The molecule has 0 atom stereocenters. The molecule has 1 heterocycles. The van der Waals surface area contributed by atoms with Crippen molar-refractivity contribution in [3.63, 3.8) is 0 Å². The summed E-state index contributed by atoms with van der Waals surface area (Å²) in [5, 5.41) is 4.01. The molecule has 0 aliphatic heterocycles. The van der Waals surface area contributed by atoms with Gasteiger partial charge in [0.05, 0.1) is 4.47 Å². The van der Waals surface area contributed by atoms with Crippen molar-refractivity contribution in [1.82, 2.24) is 0 Å². The number of hydrogen-bond donors (Lipinski definition) is 0. The first kappa shape index (κ1) is 12.5. The number of halogens is 2. The van der Waals surface area contributed by atoms with Gasteiger partial charge in [0.2, 0.25) is 0 Å². The lowest BCUT2D eigenvalue weighted by atomic mass is 10.0. The van der Waals surface area contributed by atoms with Crippen LogP contribution in [0.1, 0.15) is 22.3 Å². The van der Waals surface area contributed by atoms with E-state index in [1.165, 1.54) is 6.07 Å². The summed E-state index contributed by atoms with van der Waals surface area (Å²) in [6, 6.07) is 6.53. The highest BCUT2D eigenvalue weighted by molar-refractivity contribution is 9.10. The number of thiophene rings is 1. The van der Waals surface area contributed by atoms with Gasteiger partial charge in [0.25, 0.3) is 0 Å². The second-order valence-electron chi connectivity index (χ2n) is 3.66. The van der Waals surface area contributed by atoms with Gasteiger partial charge < -0.3 is 0 Å². The fourth-order valence-electron chi connectivity index (χ4n) is 1.55. The third-order valence-electron chi connectivity index (χ3n) is 2.47. The maximum absolute atomic E-state index is 13.3. The summed E-state index contributed by atoms with van der Waals surface area (Å²) in [7, 11) is 0. The molecule has 1 aromatic heterocycles. The summed E-state index contributed by atoms with van der Waals surface area (Å²) in [4.78, 5) is 11.9. The van der Waals surface area contributed by atoms with Crippen LogP contribution in [-0.2, 0) is 6.42 Å². The molecular formula is C13H10BrFOS. The van der Waals surface area contributed by atoms with Gasteiger partial charge in [-0.2, -0.15) is 11.3 Å². The molecule has 0 spiro atoms. The Morgan fingerprint density at radius 2 is 2.18 bits per heavy atom. The van der Waals surface area contributed by atoms with Gasteiger partial charge in [0, 0.05) is 12.0 Å². The number of carbonyl (C=O) groups excluding carboxylic acids is 1. The number of rotatable bonds is 4. The molecule has 2 aromatic rings. The Morgan fingerprint density at radius 3 is 2.88 bits per heavy atom. The first-order chi connectivity index (χ1) is 8.18. The van der Waals surface area contributed by atoms with E-state index in [1.807, 2.05) is 16.8 Å². The summed E-state index contributed by atoms with van der Waals surface area (Å²) in [6.07, 6.45) is 1.10. The predicted molar refractivity (Wildman–Crippen MR) is 71.1 cm³/mol. The van der Waals surface area contributed by atoms with Crippen LogP contribution in [0, 0.1) is 5.82 Å². The smallest absolute Gasteiger partial charge is 0.164 e. The zero-order valence-electron chi connectivity index (χ0n) is 8.95. The lowest BCUT2D eigenvalue weighted by molar-refractivity contribution is 0.0981. The van der Waals surface area contributed by atoms with E-state index >= 15 is 0 Å². The Morgan fingerprint density at radius 1 is 1.35 bits per heavy atom. The number of Topliss-reactive ketones (excluding diaryl/α,β-unsaturated/α-hetero) is 1. The van der Waals surface area contributed by atoms with Gasteiger partial charge in [-0.1, -0.05) is 12.1 Å². The lowest BCUT2D eigenvalue weighted by Crippen LogP contribution is -2.02. The van der Waals surface area contributed by atoms with Crippen molar-refractivity contribution >= 4 is 33.0 Å². The van der Waals surface area contributed by atoms with E-state index in [2.05, 4.69) is 15.9 Å². The molecule has 0 saturated heterocycles. The van der Waals surface area contributed by atoms with Crippen LogP contribution < -0.4 is 0 Å². The van der Waals surface area contributed by atoms with Crippen molar-refractivity contribution in [1.29, 1.82) is 0 Å². The Balaban J connectivity index is 2.07. The predicted octanol–water partition coefficient (Wildman–Crippen LogP) is 4.47. The third-order valence-corrected chi connectivity index (χ3v) is 4.01. The molecule has 0 bridgehead atoms. The standard InChI is InChI=1S/C13H10BrFOS/c14-13-10(2-1-3-11(13)15)12(16)5-4-9-6-7-17-8-9/h1-3,6-8H,4-5H2. The van der Waals surface area contributed by atoms with Crippen molar-refractivity contribution in [3.8, 4) is 0 Å². The van der Waals surface area contributed by atoms with Gasteiger partial charge in [-0.15, -0.1) is 0 Å². The zero-order valence-corrected chi connectivity index (χ0v) is 11.4. The molecule has 0 aliphatic carbocycles. The Labute approximate surface area is 111 Å². The van der Waals surface area contributed by atoms with Crippen molar-refractivity contribution in [2.75, 3.05) is 0 Å². The summed E-state index contributed by atoms with van der Waals surface area (Å²) >= 11 is 4.72. The minimum Gasteiger partial charge on any atom is -0.294 e. The summed E-state index contributed by atoms with van der Waals surface area (Å²) in [6.45, 7) is 0. The number of ketones is 1. The minimum absolute atomic E-state index is 0.0393. The minimum atomic E-state index is -0.397. The number of benzene rings is 1. The fraction of sp³-hybridized carbons (Fsp3) is 0.154. The van der Waals surface area contributed by atoms with Gasteiger partial charge in [0.1, 0.15) is 5.82 Å². The average molecular weight is 313 g/mol. The molecule has 1 nitrogen and oxygen atoms in total. The van der Waals surface area contributed by atoms with Crippen molar-refractivity contribution in [3.05, 3.63) is 56.4 Å². The molecule has 2 rings (SSSR count). The van der Waals surface area contributed by atoms with Crippen LogP contribution in [0.5, 0.6) is 0 Å². The molecule has 0 aliphatic rings. The van der Waals surface area contributed by atoms with E-state index in [0.717, 1.165) is 5.56 Å². The van der Waals surface area contributed by atoms with Crippen LogP contribution >= 0.6 is 27.3 Å². The SMILES string of the molecule is O=C(CCc1ccsc1)c1cccc(F)c1Br. The first-order valence-corrected chi connectivity index (χ1v) is 6.90. The summed E-state index contributed by atoms with van der Waals surface area (Å²) in [5.41, 5.74) is 1.57. The molecule has 0 radical (unpaired) electrons. The average Bonchev–Trinajstić information content (AvgIpc) is 2.82. The molecule has 0 unspecified atom stereocenters. The fourth-order valence-corrected chi connectivity index (χ4v) is 2.74. The number of aryl methyl sites for hydroxylation is 1. The molecule has 0 fully saturated rings. The molecule has 0 N–H and O–H groups in total. The van der Waals surface area contributed by atoms with Gasteiger partial charge in [-0.05, 0) is 50.8 Å². The van der Waals surface area contributed by atoms with Gasteiger partial charge in [-0.25, -0.2) is 4.39 Å². The second kappa shape index (κ2) is 5.56. The van der Waals surface area contributed by atoms with Gasteiger partial charge in [0.15, 0.2) is 5.78 Å². The molecular weight excluding hydrogens is 303 g/mol. The van der Waals surface area contributed by atoms with Gasteiger partial charge in [-0.3, -0.25) is 4.79 Å². The van der Waals surface area contributed by atoms with E-state index in [1.54, 1.807) is 23.5 Å². The van der Waals surface area contributed by atoms with E-state index in [0.29, 0.717) is 18.4 Å². The Bertz CT molecular complexity index is 522. The highest BCUT2D eigenvalue weighted by Gasteiger charge is 2.12. The van der Waals surface area contributed by atoms with Crippen molar-refractivity contribution < 1.29 is 9.18 Å². The van der Waals surface area contributed by atoms with Crippen molar-refractivity contribution in [2.24, 2.45) is 0 Å². The monoisotopic (exact) mass is 312 g/mol. The first-order valence-electron chi connectivity index (χ1n) is 5.17. The number of hydrogen-bond acceptors (Lipinski definition) is 2. The van der Waals surface area contributed by atoms with E-state index in [9.17, 15) is 9.18 Å². The molecule has 1 aromatic carbocycles. The highest BCUT2D eigenvalue weighted by atomic mass is 79.9. The normalized spacial score (nSPS) is 10.5. The quantitative estimate of drug-likeness (QED) is 0.761. The maximum atomic E-state index is 13.3. The third kappa shape index (κ3) is 3.01.